The van der Waals surface area contributed by atoms with E-state index in [0.29, 0.717) is 5.92 Å². The van der Waals surface area contributed by atoms with E-state index in [1.807, 2.05) is 12.1 Å². The minimum Gasteiger partial charge on any atom is -0.487 e. The van der Waals surface area contributed by atoms with Crippen LogP contribution in [0.5, 0.6) is 5.75 Å². The van der Waals surface area contributed by atoms with E-state index >= 15 is 0 Å². The summed E-state index contributed by atoms with van der Waals surface area (Å²) < 4.78 is 55.4. The molecule has 0 N–H and O–H groups in total. The van der Waals surface area contributed by atoms with Crippen LogP contribution in [0.15, 0.2) is 24.3 Å². The van der Waals surface area contributed by atoms with Crippen LogP contribution in [0.25, 0.3) is 0 Å². The number of hydrogen-bond acceptors (Lipinski definition) is 1. The molecule has 1 heterocycles. The number of alkyl halides is 4. The topological polar surface area (TPSA) is 9.23 Å². The van der Waals surface area contributed by atoms with Crippen LogP contribution in [0, 0.1) is 11.8 Å². The fourth-order valence-corrected chi connectivity index (χ4v) is 9.44. The average molecular weight is 487 g/mol. The monoisotopic (exact) mass is 486 g/mol. The van der Waals surface area contributed by atoms with Gasteiger partial charge in [-0.1, -0.05) is 82.1 Å². The van der Waals surface area contributed by atoms with E-state index in [9.17, 15) is 17.6 Å². The van der Waals surface area contributed by atoms with Crippen LogP contribution in [0.2, 0.25) is 18.1 Å². The van der Waals surface area contributed by atoms with Crippen LogP contribution in [0.1, 0.15) is 89.0 Å². The molecule has 0 bridgehead atoms. The standard InChI is InChI=1S/C27H42F4OSi/c1-2-3-4-17-33-18-15-22(16-19-33)6-5-21-7-9-23(10-8-21)24-11-13-25(14-12-24)32-20-27(30,31)26(28)29/h11-14,21-23,26,33H,2-10,15-20H2,1H3. The Labute approximate surface area is 199 Å². The number of hydrogen-bond donors (Lipinski definition) is 0. The van der Waals surface area contributed by atoms with E-state index in [2.05, 4.69) is 6.92 Å². The summed E-state index contributed by atoms with van der Waals surface area (Å²) in [4.78, 5) is 0. The lowest BCUT2D eigenvalue weighted by Crippen LogP contribution is -2.33. The molecule has 1 aromatic carbocycles. The van der Waals surface area contributed by atoms with Crippen molar-refractivity contribution in [1.82, 2.24) is 0 Å². The molecule has 0 aromatic heterocycles. The third-order valence-electron chi connectivity index (χ3n) is 8.11. The maximum atomic E-state index is 13.0. The maximum Gasteiger partial charge on any atom is 0.340 e. The minimum absolute atomic E-state index is 0.218. The second-order valence-electron chi connectivity index (χ2n) is 10.6. The highest BCUT2D eigenvalue weighted by atomic mass is 28.3. The molecule has 1 aromatic rings. The fourth-order valence-electron chi connectivity index (χ4n) is 5.83. The van der Waals surface area contributed by atoms with Crippen molar-refractivity contribution in [2.45, 2.75) is 114 Å². The van der Waals surface area contributed by atoms with Crippen LogP contribution in [0.4, 0.5) is 17.6 Å². The van der Waals surface area contributed by atoms with Crippen molar-refractivity contribution in [2.24, 2.45) is 11.8 Å². The van der Waals surface area contributed by atoms with Gasteiger partial charge in [-0.25, -0.2) is 8.78 Å². The van der Waals surface area contributed by atoms with Gasteiger partial charge < -0.3 is 4.74 Å². The summed E-state index contributed by atoms with van der Waals surface area (Å²) in [5.41, 5.74) is 1.20. The SMILES string of the molecule is CCCCC[SiH]1CCC(CCC2CCC(c3ccc(OCC(F)(F)C(F)F)cc3)CC2)CC1. The van der Waals surface area contributed by atoms with Crippen molar-refractivity contribution < 1.29 is 22.3 Å². The molecular formula is C27H42F4OSi. The smallest absolute Gasteiger partial charge is 0.340 e. The third-order valence-corrected chi connectivity index (χ3v) is 11.6. The van der Waals surface area contributed by atoms with Crippen molar-refractivity contribution in [3.63, 3.8) is 0 Å². The summed E-state index contributed by atoms with van der Waals surface area (Å²) in [6, 6.07) is 11.8. The second-order valence-corrected chi connectivity index (χ2v) is 14.1. The molecule has 0 atom stereocenters. The van der Waals surface area contributed by atoms with Crippen LogP contribution >= 0.6 is 0 Å². The van der Waals surface area contributed by atoms with Gasteiger partial charge >= 0.3 is 12.3 Å². The first-order chi connectivity index (χ1) is 15.9. The number of rotatable bonds is 12. The number of benzene rings is 1. The van der Waals surface area contributed by atoms with E-state index in [1.54, 1.807) is 30.3 Å². The lowest BCUT2D eigenvalue weighted by atomic mass is 9.76. The molecule has 0 amide bonds. The van der Waals surface area contributed by atoms with Gasteiger partial charge in [0.2, 0.25) is 0 Å². The second kappa shape index (κ2) is 13.2. The maximum absolute atomic E-state index is 13.0. The van der Waals surface area contributed by atoms with E-state index in [0.717, 1.165) is 11.8 Å². The molecule has 2 aliphatic rings. The van der Waals surface area contributed by atoms with Crippen molar-refractivity contribution in [3.8, 4) is 5.75 Å². The number of ether oxygens (including phenoxy) is 1. The molecule has 1 saturated carbocycles. The zero-order chi connectivity index (χ0) is 23.7. The minimum atomic E-state index is -4.12. The van der Waals surface area contributed by atoms with Crippen LogP contribution in [-0.4, -0.2) is 27.8 Å². The molecule has 6 heteroatoms. The molecule has 3 rings (SSSR count). The van der Waals surface area contributed by atoms with Gasteiger partial charge in [-0.2, -0.15) is 8.78 Å². The Hall–Kier alpha value is -1.04. The molecule has 2 fully saturated rings. The summed E-state index contributed by atoms with van der Waals surface area (Å²) >= 11 is 0. The van der Waals surface area contributed by atoms with Crippen molar-refractivity contribution in [1.29, 1.82) is 0 Å². The summed E-state index contributed by atoms with van der Waals surface area (Å²) in [7, 11) is -0.400. The molecule has 188 valence electrons. The van der Waals surface area contributed by atoms with Crippen LogP contribution in [0.3, 0.4) is 0 Å². The largest absolute Gasteiger partial charge is 0.487 e. The highest BCUT2D eigenvalue weighted by Crippen LogP contribution is 2.40. The predicted molar refractivity (Wildman–Crippen MR) is 131 cm³/mol. The van der Waals surface area contributed by atoms with Gasteiger partial charge in [-0.05, 0) is 61.1 Å². The zero-order valence-corrected chi connectivity index (χ0v) is 21.4. The van der Waals surface area contributed by atoms with Gasteiger partial charge in [-0.15, -0.1) is 0 Å². The lowest BCUT2D eigenvalue weighted by Gasteiger charge is -2.32. The molecule has 1 nitrogen and oxygen atoms in total. The summed E-state index contributed by atoms with van der Waals surface area (Å²) in [5.74, 6) is -1.58. The predicted octanol–water partition coefficient (Wildman–Crippen LogP) is 8.85. The number of halogens is 4. The molecule has 1 saturated heterocycles. The van der Waals surface area contributed by atoms with Gasteiger partial charge in [0.15, 0.2) is 6.61 Å². The summed E-state index contributed by atoms with van der Waals surface area (Å²) in [6.45, 7) is 1.00. The first kappa shape index (κ1) is 26.6. The average Bonchev–Trinajstić information content (AvgIpc) is 2.83. The number of unbranched alkanes of at least 4 members (excludes halogenated alkanes) is 2. The Morgan fingerprint density at radius 1 is 0.909 bits per heavy atom. The van der Waals surface area contributed by atoms with Gasteiger partial charge in [0.05, 0.1) is 0 Å². The van der Waals surface area contributed by atoms with Gasteiger partial charge in [0, 0.05) is 8.80 Å². The molecule has 1 aliphatic heterocycles. The Morgan fingerprint density at radius 3 is 2.09 bits per heavy atom. The highest BCUT2D eigenvalue weighted by Gasteiger charge is 2.41. The van der Waals surface area contributed by atoms with Crippen LogP contribution < -0.4 is 4.74 Å². The fraction of sp³-hybridized carbons (Fsp3) is 0.778. The molecule has 1 aliphatic carbocycles. The molecule has 0 radical (unpaired) electrons. The van der Waals surface area contributed by atoms with Crippen molar-refractivity contribution in [3.05, 3.63) is 29.8 Å². The van der Waals surface area contributed by atoms with E-state index in [-0.39, 0.29) is 5.75 Å². The van der Waals surface area contributed by atoms with E-state index in [1.165, 1.54) is 76.2 Å². The normalized spacial score (nSPS) is 26.5. The Bertz CT molecular complexity index is 665. The molecular weight excluding hydrogens is 444 g/mol. The first-order valence-corrected chi connectivity index (χ1v) is 15.7. The van der Waals surface area contributed by atoms with E-state index in [4.69, 9.17) is 4.74 Å². The third kappa shape index (κ3) is 8.59. The zero-order valence-electron chi connectivity index (χ0n) is 20.2. The van der Waals surface area contributed by atoms with Gasteiger partial charge in [0.25, 0.3) is 0 Å². The van der Waals surface area contributed by atoms with Gasteiger partial charge in [0.1, 0.15) is 5.75 Å². The lowest BCUT2D eigenvalue weighted by molar-refractivity contribution is -0.148. The quantitative estimate of drug-likeness (QED) is 0.163. The molecule has 0 spiro atoms. The molecule has 0 unspecified atom stereocenters. The van der Waals surface area contributed by atoms with Crippen molar-refractivity contribution in [2.75, 3.05) is 6.61 Å². The first-order valence-electron chi connectivity index (χ1n) is 13.3. The molecule has 33 heavy (non-hydrogen) atoms. The Balaban J connectivity index is 1.32. The Kier molecular flexibility index (Phi) is 10.6. The summed E-state index contributed by atoms with van der Waals surface area (Å²) in [6.07, 6.45) is 11.2. The van der Waals surface area contributed by atoms with E-state index < -0.39 is 27.8 Å². The van der Waals surface area contributed by atoms with Crippen molar-refractivity contribution >= 4 is 8.80 Å². The highest BCUT2D eigenvalue weighted by molar-refractivity contribution is 6.58. The Morgan fingerprint density at radius 2 is 1.52 bits per heavy atom. The van der Waals surface area contributed by atoms with Crippen LogP contribution in [-0.2, 0) is 0 Å². The van der Waals surface area contributed by atoms with Gasteiger partial charge in [-0.3, -0.25) is 0 Å². The summed E-state index contributed by atoms with van der Waals surface area (Å²) in [5, 5.41) is 0.